The first-order valence-electron chi connectivity index (χ1n) is 9.46. The van der Waals surface area contributed by atoms with E-state index < -0.39 is 0 Å². The van der Waals surface area contributed by atoms with Gasteiger partial charge in [-0.25, -0.2) is 0 Å². The molecule has 2 aromatic carbocycles. The number of morpholine rings is 1. The Balaban J connectivity index is 1.66. The smallest absolute Gasteiger partial charge is 0.162 e. The molecule has 0 amide bonds. The van der Waals surface area contributed by atoms with Crippen molar-refractivity contribution in [3.63, 3.8) is 0 Å². The van der Waals surface area contributed by atoms with E-state index in [0.717, 1.165) is 53.5 Å². The Kier molecular flexibility index (Phi) is 7.24. The average molecular weight is 435 g/mol. The average Bonchev–Trinajstić information content (AvgIpc) is 2.70. The van der Waals surface area contributed by atoms with Gasteiger partial charge in [0.05, 0.1) is 26.4 Å². The van der Waals surface area contributed by atoms with Crippen LogP contribution < -0.4 is 19.7 Å². The highest BCUT2D eigenvalue weighted by molar-refractivity contribution is 9.10. The highest BCUT2D eigenvalue weighted by Crippen LogP contribution is 2.34. The highest BCUT2D eigenvalue weighted by Gasteiger charge is 2.12. The van der Waals surface area contributed by atoms with Crippen molar-refractivity contribution in [3.8, 4) is 11.5 Å². The number of hydrogen-bond donors (Lipinski definition) is 1. The first-order valence-corrected chi connectivity index (χ1v) is 10.2. The number of hydrogen-bond acceptors (Lipinski definition) is 5. The van der Waals surface area contributed by atoms with Crippen LogP contribution in [0.25, 0.3) is 0 Å². The summed E-state index contributed by atoms with van der Waals surface area (Å²) in [6, 6.07) is 12.6. The fraction of sp³-hybridized carbons (Fsp3) is 0.429. The van der Waals surface area contributed by atoms with Gasteiger partial charge in [-0.1, -0.05) is 15.9 Å². The fourth-order valence-corrected chi connectivity index (χ4v) is 3.52. The summed E-state index contributed by atoms with van der Waals surface area (Å²) in [7, 11) is 0. The lowest BCUT2D eigenvalue weighted by molar-refractivity contribution is 0.122. The van der Waals surface area contributed by atoms with Crippen molar-refractivity contribution in [2.75, 3.05) is 49.7 Å². The second kappa shape index (κ2) is 9.85. The van der Waals surface area contributed by atoms with E-state index in [1.54, 1.807) is 0 Å². The van der Waals surface area contributed by atoms with E-state index in [1.165, 1.54) is 5.69 Å². The van der Waals surface area contributed by atoms with Gasteiger partial charge < -0.3 is 24.4 Å². The first-order chi connectivity index (χ1) is 13.2. The molecule has 1 saturated heterocycles. The summed E-state index contributed by atoms with van der Waals surface area (Å²) in [4.78, 5) is 2.35. The van der Waals surface area contributed by atoms with Crippen molar-refractivity contribution >= 4 is 27.3 Å². The molecule has 0 bridgehead atoms. The lowest BCUT2D eigenvalue weighted by atomic mass is 10.2. The molecule has 146 valence electrons. The number of rotatable bonds is 8. The van der Waals surface area contributed by atoms with E-state index >= 15 is 0 Å². The SMILES string of the molecule is CCOc1cc(Br)c(CNc2ccc(N3CCOCC3)cc2)cc1OCC. The molecule has 0 atom stereocenters. The Morgan fingerprint density at radius 3 is 2.26 bits per heavy atom. The summed E-state index contributed by atoms with van der Waals surface area (Å²) in [5, 5.41) is 3.48. The number of halogens is 1. The van der Waals surface area contributed by atoms with Crippen molar-refractivity contribution in [1.29, 1.82) is 0 Å². The molecule has 5 nitrogen and oxygen atoms in total. The molecule has 0 radical (unpaired) electrons. The van der Waals surface area contributed by atoms with E-state index in [2.05, 4.69) is 50.4 Å². The lowest BCUT2D eigenvalue weighted by Gasteiger charge is -2.29. The fourth-order valence-electron chi connectivity index (χ4n) is 3.06. The van der Waals surface area contributed by atoms with Crippen LogP contribution in [-0.2, 0) is 11.3 Å². The zero-order valence-corrected chi connectivity index (χ0v) is 17.5. The third-order valence-electron chi connectivity index (χ3n) is 4.44. The van der Waals surface area contributed by atoms with Gasteiger partial charge in [-0.2, -0.15) is 0 Å². The van der Waals surface area contributed by atoms with Crippen molar-refractivity contribution in [2.45, 2.75) is 20.4 Å². The first kappa shape index (κ1) is 19.8. The maximum absolute atomic E-state index is 5.73. The van der Waals surface area contributed by atoms with Gasteiger partial charge in [0.25, 0.3) is 0 Å². The van der Waals surface area contributed by atoms with E-state index in [-0.39, 0.29) is 0 Å². The summed E-state index contributed by atoms with van der Waals surface area (Å²) in [6.45, 7) is 9.37. The number of ether oxygens (including phenoxy) is 3. The second-order valence-corrected chi connectivity index (χ2v) is 7.11. The van der Waals surface area contributed by atoms with Gasteiger partial charge in [0.15, 0.2) is 11.5 Å². The van der Waals surface area contributed by atoms with Crippen LogP contribution in [0.5, 0.6) is 11.5 Å². The standard InChI is InChI=1S/C21H27BrN2O3/c1-3-26-20-13-16(19(22)14-21(20)27-4-2)15-23-17-5-7-18(8-6-17)24-9-11-25-12-10-24/h5-8,13-14,23H,3-4,9-12,15H2,1-2H3. The molecule has 2 aromatic rings. The van der Waals surface area contributed by atoms with Crippen molar-refractivity contribution in [3.05, 3.63) is 46.4 Å². The monoisotopic (exact) mass is 434 g/mol. The molecule has 0 unspecified atom stereocenters. The molecule has 0 saturated carbocycles. The van der Waals surface area contributed by atoms with Crippen molar-refractivity contribution in [1.82, 2.24) is 0 Å². The Morgan fingerprint density at radius 2 is 1.63 bits per heavy atom. The molecule has 6 heteroatoms. The van der Waals surface area contributed by atoms with Crippen LogP contribution in [0, 0.1) is 0 Å². The number of anilines is 2. The molecule has 1 fully saturated rings. The third kappa shape index (κ3) is 5.30. The summed E-state index contributed by atoms with van der Waals surface area (Å²) in [5.74, 6) is 1.55. The molecule has 1 aliphatic rings. The summed E-state index contributed by atoms with van der Waals surface area (Å²) >= 11 is 3.65. The van der Waals surface area contributed by atoms with Crippen LogP contribution in [0.3, 0.4) is 0 Å². The van der Waals surface area contributed by atoms with E-state index in [0.29, 0.717) is 19.8 Å². The van der Waals surface area contributed by atoms with Gasteiger partial charge in [0.2, 0.25) is 0 Å². The van der Waals surface area contributed by atoms with Crippen LogP contribution in [-0.4, -0.2) is 39.5 Å². The molecule has 1 heterocycles. The molecular weight excluding hydrogens is 408 g/mol. The van der Waals surface area contributed by atoms with Gasteiger partial charge in [-0.15, -0.1) is 0 Å². The molecule has 0 aromatic heterocycles. The van der Waals surface area contributed by atoms with Crippen LogP contribution in [0.2, 0.25) is 0 Å². The van der Waals surface area contributed by atoms with Gasteiger partial charge in [0.1, 0.15) is 0 Å². The Bertz CT molecular complexity index is 731. The zero-order chi connectivity index (χ0) is 19.1. The minimum atomic E-state index is 0.609. The zero-order valence-electron chi connectivity index (χ0n) is 16.0. The Morgan fingerprint density at radius 1 is 1.00 bits per heavy atom. The second-order valence-electron chi connectivity index (χ2n) is 6.26. The van der Waals surface area contributed by atoms with E-state index in [1.807, 2.05) is 26.0 Å². The summed E-state index contributed by atoms with van der Waals surface area (Å²) < 4.78 is 17.8. The van der Waals surface area contributed by atoms with Crippen LogP contribution >= 0.6 is 15.9 Å². The molecule has 1 aliphatic heterocycles. The minimum Gasteiger partial charge on any atom is -0.490 e. The largest absolute Gasteiger partial charge is 0.490 e. The van der Waals surface area contributed by atoms with Gasteiger partial charge >= 0.3 is 0 Å². The molecule has 0 aliphatic carbocycles. The molecule has 0 spiro atoms. The topological polar surface area (TPSA) is 43.0 Å². The number of nitrogens with one attached hydrogen (secondary N) is 1. The molecular formula is C21H27BrN2O3. The normalized spacial score (nSPS) is 14.1. The van der Waals surface area contributed by atoms with Crippen molar-refractivity contribution < 1.29 is 14.2 Å². The minimum absolute atomic E-state index is 0.609. The predicted molar refractivity (Wildman–Crippen MR) is 113 cm³/mol. The lowest BCUT2D eigenvalue weighted by Crippen LogP contribution is -2.36. The van der Waals surface area contributed by atoms with E-state index in [9.17, 15) is 0 Å². The quantitative estimate of drug-likeness (QED) is 0.652. The van der Waals surface area contributed by atoms with E-state index in [4.69, 9.17) is 14.2 Å². The summed E-state index contributed by atoms with van der Waals surface area (Å²) in [5.41, 5.74) is 3.45. The molecule has 27 heavy (non-hydrogen) atoms. The predicted octanol–water partition coefficient (Wildman–Crippen LogP) is 4.70. The van der Waals surface area contributed by atoms with Crippen LogP contribution in [0.1, 0.15) is 19.4 Å². The maximum Gasteiger partial charge on any atom is 0.162 e. The number of nitrogens with zero attached hydrogens (tertiary/aromatic N) is 1. The Hall–Kier alpha value is -1.92. The molecule has 1 N–H and O–H groups in total. The third-order valence-corrected chi connectivity index (χ3v) is 5.18. The Labute approximate surface area is 169 Å². The number of benzene rings is 2. The van der Waals surface area contributed by atoms with Gasteiger partial charge in [-0.05, 0) is 55.8 Å². The van der Waals surface area contributed by atoms with Gasteiger partial charge in [0, 0.05) is 35.5 Å². The van der Waals surface area contributed by atoms with Gasteiger partial charge in [-0.3, -0.25) is 0 Å². The van der Waals surface area contributed by atoms with Crippen molar-refractivity contribution in [2.24, 2.45) is 0 Å². The highest BCUT2D eigenvalue weighted by atomic mass is 79.9. The molecule has 3 rings (SSSR count). The summed E-state index contributed by atoms with van der Waals surface area (Å²) in [6.07, 6.45) is 0. The van der Waals surface area contributed by atoms with Crippen LogP contribution in [0.15, 0.2) is 40.9 Å². The van der Waals surface area contributed by atoms with Crippen LogP contribution in [0.4, 0.5) is 11.4 Å². The maximum atomic E-state index is 5.73.